The second-order valence-electron chi connectivity index (χ2n) is 12.3. The van der Waals surface area contributed by atoms with Crippen molar-refractivity contribution in [1.29, 1.82) is 0 Å². The minimum atomic E-state index is -4.31. The van der Waals surface area contributed by atoms with E-state index < -0.39 is 62.3 Å². The number of anilines is 1. The van der Waals surface area contributed by atoms with Crippen molar-refractivity contribution in [2.75, 3.05) is 32.2 Å². The predicted octanol–water partition coefficient (Wildman–Crippen LogP) is 2.08. The Balaban J connectivity index is 1.94. The molecule has 3 rings (SSSR count). The lowest BCUT2D eigenvalue weighted by Gasteiger charge is -2.30. The highest BCUT2D eigenvalue weighted by molar-refractivity contribution is 7.54. The molecule has 0 amide bonds. The standard InChI is InChI=1S/C29H50N7O10P/c1-9-42-24-21-23(32-28(30)33-24)36(15-31-21)27-29(8,40)22(37)20(46-27)14-45-47(41,34-18(12-16(4)5)25(38)43-10-2)35-19(13-17(6)7)26(39)44-11-3/h15-20,22,27,37,40H,9-14H2,1-8H3,(H2,30,32,33)(H2,34,35,41)/t18?,19?,20-,22?,27-,29+,47?/m1/s1. The molecule has 1 fully saturated rings. The van der Waals surface area contributed by atoms with Gasteiger partial charge in [0, 0.05) is 0 Å². The molecule has 17 nitrogen and oxygen atoms in total. The maximum absolute atomic E-state index is 14.5. The van der Waals surface area contributed by atoms with Crippen molar-refractivity contribution in [1.82, 2.24) is 29.7 Å². The molecule has 18 heteroatoms. The number of nitrogens with one attached hydrogen (secondary N) is 2. The number of hydrogen-bond acceptors (Lipinski definition) is 14. The quantitative estimate of drug-likeness (QED) is 0.111. The maximum atomic E-state index is 14.5. The van der Waals surface area contributed by atoms with Gasteiger partial charge in [-0.1, -0.05) is 27.7 Å². The van der Waals surface area contributed by atoms with Gasteiger partial charge in [-0.05, 0) is 52.4 Å². The fourth-order valence-electron chi connectivity index (χ4n) is 5.23. The smallest absolute Gasteiger partial charge is 0.342 e. The molecular weight excluding hydrogens is 637 g/mol. The summed E-state index contributed by atoms with van der Waals surface area (Å²) in [5.74, 6) is -1.28. The van der Waals surface area contributed by atoms with E-state index in [1.54, 1.807) is 20.8 Å². The van der Waals surface area contributed by atoms with Crippen molar-refractivity contribution in [3.8, 4) is 5.88 Å². The van der Waals surface area contributed by atoms with Crippen LogP contribution in [0.15, 0.2) is 6.33 Å². The molecule has 47 heavy (non-hydrogen) atoms. The lowest BCUT2D eigenvalue weighted by molar-refractivity contribution is -0.146. The number of carbonyl (C=O) groups is 2. The van der Waals surface area contributed by atoms with Crippen LogP contribution in [0.1, 0.15) is 74.5 Å². The van der Waals surface area contributed by atoms with E-state index in [0.717, 1.165) is 0 Å². The van der Waals surface area contributed by atoms with Gasteiger partial charge in [0.05, 0.1) is 32.8 Å². The number of nitrogen functional groups attached to an aromatic ring is 1. The van der Waals surface area contributed by atoms with Gasteiger partial charge in [-0.2, -0.15) is 9.97 Å². The molecule has 0 bridgehead atoms. The number of rotatable bonds is 18. The summed E-state index contributed by atoms with van der Waals surface area (Å²) in [6.45, 7) is 13.9. The first-order valence-corrected chi connectivity index (χ1v) is 17.5. The monoisotopic (exact) mass is 687 g/mol. The number of carbonyl (C=O) groups excluding carboxylic acids is 2. The molecule has 6 N–H and O–H groups in total. The summed E-state index contributed by atoms with van der Waals surface area (Å²) in [6.07, 6.45) is -2.23. The van der Waals surface area contributed by atoms with Gasteiger partial charge in [0.1, 0.15) is 29.9 Å². The molecule has 3 heterocycles. The number of aliphatic hydroxyl groups excluding tert-OH is 1. The van der Waals surface area contributed by atoms with Crippen LogP contribution < -0.4 is 20.6 Å². The predicted molar refractivity (Wildman–Crippen MR) is 171 cm³/mol. The van der Waals surface area contributed by atoms with E-state index in [9.17, 15) is 24.4 Å². The molecule has 2 aromatic rings. The van der Waals surface area contributed by atoms with Gasteiger partial charge in [0.2, 0.25) is 11.8 Å². The van der Waals surface area contributed by atoms with Crippen molar-refractivity contribution in [3.05, 3.63) is 6.33 Å². The molecule has 3 unspecified atom stereocenters. The van der Waals surface area contributed by atoms with Crippen LogP contribution in [-0.2, 0) is 32.9 Å². The average molecular weight is 688 g/mol. The second-order valence-corrected chi connectivity index (χ2v) is 14.2. The first kappa shape index (κ1) is 38.5. The Morgan fingerprint density at radius 2 is 1.60 bits per heavy atom. The lowest BCUT2D eigenvalue weighted by atomic mass is 9.96. The maximum Gasteiger partial charge on any atom is 0.342 e. The second kappa shape index (κ2) is 16.5. The molecule has 2 aromatic heterocycles. The Hall–Kier alpha value is -2.92. The Bertz CT molecular complexity index is 1370. The first-order valence-electron chi connectivity index (χ1n) is 15.9. The third-order valence-electron chi connectivity index (χ3n) is 7.32. The minimum Gasteiger partial charge on any atom is -0.476 e. The van der Waals surface area contributed by atoms with Crippen LogP contribution in [0.4, 0.5) is 5.95 Å². The van der Waals surface area contributed by atoms with Crippen molar-refractivity contribution in [3.63, 3.8) is 0 Å². The van der Waals surface area contributed by atoms with Gasteiger partial charge >= 0.3 is 19.6 Å². The van der Waals surface area contributed by atoms with Gasteiger partial charge < -0.3 is 39.4 Å². The van der Waals surface area contributed by atoms with E-state index in [-0.39, 0.29) is 60.9 Å². The topological polar surface area (TPSA) is 232 Å². The van der Waals surface area contributed by atoms with Crippen molar-refractivity contribution in [2.45, 2.75) is 104 Å². The zero-order valence-corrected chi connectivity index (χ0v) is 29.2. The van der Waals surface area contributed by atoms with Crippen LogP contribution in [0.2, 0.25) is 0 Å². The number of ether oxygens (including phenoxy) is 4. The van der Waals surface area contributed by atoms with Crippen molar-refractivity contribution in [2.24, 2.45) is 11.8 Å². The summed E-state index contributed by atoms with van der Waals surface area (Å²) in [4.78, 5) is 38.4. The van der Waals surface area contributed by atoms with Gasteiger partial charge in [-0.25, -0.2) is 15.2 Å². The van der Waals surface area contributed by atoms with Gasteiger partial charge in [0.25, 0.3) is 0 Å². The van der Waals surface area contributed by atoms with Crippen LogP contribution in [0.5, 0.6) is 5.88 Å². The van der Waals surface area contributed by atoms with E-state index in [4.69, 9.17) is 29.2 Å². The summed E-state index contributed by atoms with van der Waals surface area (Å²) in [6, 6.07) is -2.13. The lowest BCUT2D eigenvalue weighted by Crippen LogP contribution is -2.47. The zero-order valence-electron chi connectivity index (χ0n) is 28.3. The average Bonchev–Trinajstić information content (AvgIpc) is 3.48. The van der Waals surface area contributed by atoms with Crippen molar-refractivity contribution < 1.29 is 47.8 Å². The van der Waals surface area contributed by atoms with E-state index in [0.29, 0.717) is 6.61 Å². The van der Waals surface area contributed by atoms with Gasteiger partial charge in [-0.15, -0.1) is 0 Å². The molecule has 1 saturated heterocycles. The Morgan fingerprint density at radius 1 is 1.04 bits per heavy atom. The van der Waals surface area contributed by atoms with Crippen LogP contribution in [0.25, 0.3) is 11.2 Å². The van der Waals surface area contributed by atoms with Crippen LogP contribution in [0, 0.1) is 11.8 Å². The number of hydrogen-bond donors (Lipinski definition) is 5. The van der Waals surface area contributed by atoms with Crippen LogP contribution >= 0.6 is 7.67 Å². The Morgan fingerprint density at radius 3 is 2.09 bits per heavy atom. The van der Waals surface area contributed by atoms with Crippen LogP contribution in [0.3, 0.4) is 0 Å². The molecule has 0 radical (unpaired) electrons. The number of aromatic nitrogens is 4. The summed E-state index contributed by atoms with van der Waals surface area (Å²) in [5, 5.41) is 28.2. The molecule has 1 aliphatic rings. The van der Waals surface area contributed by atoms with E-state index in [2.05, 4.69) is 25.1 Å². The summed E-state index contributed by atoms with van der Waals surface area (Å²) in [5.41, 5.74) is 4.42. The highest BCUT2D eigenvalue weighted by Gasteiger charge is 2.54. The number of aliphatic hydroxyl groups is 2. The normalized spacial score (nSPS) is 24.0. The fourth-order valence-corrected chi connectivity index (χ4v) is 7.05. The van der Waals surface area contributed by atoms with E-state index >= 15 is 0 Å². The molecule has 6 atom stereocenters. The molecule has 266 valence electrons. The SMILES string of the molecule is CCOC(=O)C(CC(C)C)NP(=O)(NC(CC(C)C)C(=O)OCC)OC[C@H]1O[C@@H](n2cnc3c(OCC)nc(N)nc32)[C@@](C)(O)C1O. The van der Waals surface area contributed by atoms with Gasteiger partial charge in [-0.3, -0.25) is 18.7 Å². The molecule has 0 aliphatic carbocycles. The molecule has 1 aliphatic heterocycles. The number of nitrogens with two attached hydrogens (primary N) is 1. The minimum absolute atomic E-state index is 0.0104. The number of fused-ring (bicyclic) bond motifs is 1. The van der Waals surface area contributed by atoms with Crippen LogP contribution in [-0.4, -0.2) is 98.0 Å². The Kier molecular flexibility index (Phi) is 13.5. The zero-order chi connectivity index (χ0) is 35.1. The molecule has 0 spiro atoms. The highest BCUT2D eigenvalue weighted by atomic mass is 31.2. The summed E-state index contributed by atoms with van der Waals surface area (Å²) >= 11 is 0. The largest absolute Gasteiger partial charge is 0.476 e. The third kappa shape index (κ3) is 9.59. The fraction of sp³-hybridized carbons (Fsp3) is 0.759. The van der Waals surface area contributed by atoms with E-state index in [1.807, 2.05) is 27.7 Å². The summed E-state index contributed by atoms with van der Waals surface area (Å²) < 4.78 is 43.9. The number of imidazole rings is 1. The summed E-state index contributed by atoms with van der Waals surface area (Å²) in [7, 11) is -4.31. The molecule has 0 saturated carbocycles. The van der Waals surface area contributed by atoms with Crippen molar-refractivity contribution >= 4 is 36.7 Å². The number of nitrogens with zero attached hydrogens (tertiary/aromatic N) is 4. The third-order valence-corrected chi connectivity index (χ3v) is 9.14. The molecule has 0 aromatic carbocycles. The number of esters is 2. The van der Waals surface area contributed by atoms with Gasteiger partial charge in [0.15, 0.2) is 17.4 Å². The first-order chi connectivity index (χ1) is 22.1. The van der Waals surface area contributed by atoms with E-state index in [1.165, 1.54) is 17.8 Å². The molecular formula is C29H50N7O10P. The highest BCUT2D eigenvalue weighted by Crippen LogP contribution is 2.45. The Labute approximate surface area is 274 Å².